The first kappa shape index (κ1) is 11.0. The van der Waals surface area contributed by atoms with Gasteiger partial charge in [-0.25, -0.2) is 0 Å². The summed E-state index contributed by atoms with van der Waals surface area (Å²) in [5.74, 6) is -0.280. The van der Waals surface area contributed by atoms with Crippen molar-refractivity contribution in [3.05, 3.63) is 34.1 Å². The number of nitrogens with zero attached hydrogens (tertiary/aromatic N) is 2. The molecule has 0 saturated carbocycles. The Morgan fingerprint density at radius 1 is 1.53 bits per heavy atom. The number of hydrogen-bond donors (Lipinski definition) is 0. The van der Waals surface area contributed by atoms with E-state index < -0.39 is 4.92 Å². The lowest BCUT2D eigenvalue weighted by Crippen LogP contribution is -2.18. The quantitative estimate of drug-likeness (QED) is 0.428. The standard InChI is InChI=1S/C9H10N2O4/c1-10(2)8(12)5-3-7-4-6-9(15-7)11(13)14/h3-6H,1-2H3/b5-3-. The Hall–Kier alpha value is -2.11. The third kappa shape index (κ3) is 2.94. The summed E-state index contributed by atoms with van der Waals surface area (Å²) in [6.07, 6.45) is 2.66. The van der Waals surface area contributed by atoms with Gasteiger partial charge in [0.15, 0.2) is 0 Å². The van der Waals surface area contributed by atoms with Crippen LogP contribution in [0, 0.1) is 10.1 Å². The summed E-state index contributed by atoms with van der Waals surface area (Å²) in [4.78, 5) is 22.1. The average Bonchev–Trinajstić information content (AvgIpc) is 2.62. The second-order valence-electron chi connectivity index (χ2n) is 3.00. The Bertz CT molecular complexity index is 406. The van der Waals surface area contributed by atoms with Crippen LogP contribution in [0.3, 0.4) is 0 Å². The van der Waals surface area contributed by atoms with E-state index in [1.165, 1.54) is 29.2 Å². The SMILES string of the molecule is CN(C)C(=O)/C=C\c1ccc([N+](=O)[O-])o1. The number of carbonyl (C=O) groups is 1. The minimum absolute atomic E-state index is 0.214. The molecule has 0 saturated heterocycles. The zero-order valence-corrected chi connectivity index (χ0v) is 8.34. The molecule has 0 bridgehead atoms. The van der Waals surface area contributed by atoms with E-state index in [4.69, 9.17) is 4.42 Å². The van der Waals surface area contributed by atoms with Crippen LogP contribution in [0.15, 0.2) is 22.6 Å². The van der Waals surface area contributed by atoms with Crippen LogP contribution in [0.25, 0.3) is 6.08 Å². The van der Waals surface area contributed by atoms with Gasteiger partial charge in [-0.3, -0.25) is 14.9 Å². The maximum atomic E-state index is 11.1. The van der Waals surface area contributed by atoms with Gasteiger partial charge in [0.25, 0.3) is 0 Å². The number of nitro groups is 1. The Balaban J connectivity index is 2.73. The van der Waals surface area contributed by atoms with Gasteiger partial charge in [0.1, 0.15) is 10.7 Å². The molecule has 1 rings (SSSR count). The summed E-state index contributed by atoms with van der Waals surface area (Å²) in [5, 5.41) is 10.3. The van der Waals surface area contributed by atoms with Crippen molar-refractivity contribution < 1.29 is 14.1 Å². The summed E-state index contributed by atoms with van der Waals surface area (Å²) < 4.78 is 4.82. The second kappa shape index (κ2) is 4.41. The molecular formula is C9H10N2O4. The van der Waals surface area contributed by atoms with Gasteiger partial charge in [-0.05, 0) is 12.1 Å². The van der Waals surface area contributed by atoms with Crippen molar-refractivity contribution >= 4 is 17.9 Å². The van der Waals surface area contributed by atoms with Gasteiger partial charge >= 0.3 is 5.88 Å². The van der Waals surface area contributed by atoms with Crippen LogP contribution in [0.2, 0.25) is 0 Å². The van der Waals surface area contributed by atoms with E-state index in [1.54, 1.807) is 14.1 Å². The molecule has 1 aromatic heterocycles. The normalized spacial score (nSPS) is 10.5. The van der Waals surface area contributed by atoms with Crippen LogP contribution < -0.4 is 0 Å². The number of furan rings is 1. The smallest absolute Gasteiger partial charge is 0.401 e. The summed E-state index contributed by atoms with van der Waals surface area (Å²) in [7, 11) is 3.22. The summed E-state index contributed by atoms with van der Waals surface area (Å²) in [6, 6.07) is 2.66. The summed E-state index contributed by atoms with van der Waals surface area (Å²) >= 11 is 0. The molecule has 0 atom stereocenters. The van der Waals surface area contributed by atoms with Crippen molar-refractivity contribution in [1.82, 2.24) is 4.90 Å². The van der Waals surface area contributed by atoms with Gasteiger partial charge in [-0.1, -0.05) is 0 Å². The van der Waals surface area contributed by atoms with E-state index in [2.05, 4.69) is 0 Å². The van der Waals surface area contributed by atoms with Crippen LogP contribution in [0.4, 0.5) is 5.88 Å². The van der Waals surface area contributed by atoms with E-state index in [1.807, 2.05) is 0 Å². The lowest BCUT2D eigenvalue weighted by molar-refractivity contribution is -0.402. The minimum atomic E-state index is -0.634. The van der Waals surface area contributed by atoms with Crippen LogP contribution >= 0.6 is 0 Å². The van der Waals surface area contributed by atoms with Gasteiger partial charge in [0.2, 0.25) is 5.91 Å². The highest BCUT2D eigenvalue weighted by molar-refractivity contribution is 5.91. The molecule has 6 heteroatoms. The van der Waals surface area contributed by atoms with Gasteiger partial charge in [0, 0.05) is 20.2 Å². The van der Waals surface area contributed by atoms with Crippen molar-refractivity contribution in [1.29, 1.82) is 0 Å². The topological polar surface area (TPSA) is 76.6 Å². The van der Waals surface area contributed by atoms with E-state index in [-0.39, 0.29) is 17.6 Å². The third-order valence-electron chi connectivity index (χ3n) is 1.62. The fraction of sp³-hybridized carbons (Fsp3) is 0.222. The fourth-order valence-corrected chi connectivity index (χ4v) is 0.832. The predicted octanol–water partition coefficient (Wildman–Crippen LogP) is 1.29. The van der Waals surface area contributed by atoms with E-state index in [0.717, 1.165) is 0 Å². The zero-order chi connectivity index (χ0) is 11.4. The molecule has 0 radical (unpaired) electrons. The largest absolute Gasteiger partial charge is 0.433 e. The first-order chi connectivity index (χ1) is 7.00. The monoisotopic (exact) mass is 210 g/mol. The lowest BCUT2D eigenvalue weighted by Gasteiger charge is -2.04. The van der Waals surface area contributed by atoms with Crippen molar-refractivity contribution in [3.8, 4) is 0 Å². The molecule has 0 unspecified atom stereocenters. The molecule has 0 fully saturated rings. The molecule has 0 aromatic carbocycles. The van der Waals surface area contributed by atoms with Gasteiger partial charge in [-0.2, -0.15) is 0 Å². The molecular weight excluding hydrogens is 200 g/mol. The summed E-state index contributed by atoms with van der Waals surface area (Å²) in [5.41, 5.74) is 0. The van der Waals surface area contributed by atoms with Crippen LogP contribution in [-0.4, -0.2) is 29.8 Å². The van der Waals surface area contributed by atoms with Crippen LogP contribution in [0.5, 0.6) is 0 Å². The lowest BCUT2D eigenvalue weighted by atomic mass is 10.4. The highest BCUT2D eigenvalue weighted by atomic mass is 16.6. The van der Waals surface area contributed by atoms with Crippen molar-refractivity contribution in [3.63, 3.8) is 0 Å². The number of rotatable bonds is 3. The first-order valence-corrected chi connectivity index (χ1v) is 4.14. The Morgan fingerprint density at radius 3 is 2.67 bits per heavy atom. The van der Waals surface area contributed by atoms with Crippen molar-refractivity contribution in [2.75, 3.05) is 14.1 Å². The average molecular weight is 210 g/mol. The molecule has 0 aliphatic rings. The third-order valence-corrected chi connectivity index (χ3v) is 1.62. The molecule has 0 aliphatic carbocycles. The minimum Gasteiger partial charge on any atom is -0.401 e. The van der Waals surface area contributed by atoms with Crippen molar-refractivity contribution in [2.24, 2.45) is 0 Å². The van der Waals surface area contributed by atoms with Gasteiger partial charge in [-0.15, -0.1) is 0 Å². The van der Waals surface area contributed by atoms with E-state index in [9.17, 15) is 14.9 Å². The molecule has 1 heterocycles. The van der Waals surface area contributed by atoms with Gasteiger partial charge < -0.3 is 9.32 Å². The predicted molar refractivity (Wildman–Crippen MR) is 53.1 cm³/mol. The van der Waals surface area contributed by atoms with Crippen LogP contribution in [-0.2, 0) is 4.79 Å². The summed E-state index contributed by atoms with van der Waals surface area (Å²) in [6.45, 7) is 0. The van der Waals surface area contributed by atoms with Crippen molar-refractivity contribution in [2.45, 2.75) is 0 Å². The van der Waals surface area contributed by atoms with Gasteiger partial charge in [0.05, 0.1) is 6.07 Å². The zero-order valence-electron chi connectivity index (χ0n) is 8.34. The van der Waals surface area contributed by atoms with Crippen LogP contribution in [0.1, 0.15) is 5.76 Å². The Labute approximate surface area is 85.9 Å². The number of amides is 1. The maximum Gasteiger partial charge on any atom is 0.433 e. The second-order valence-corrected chi connectivity index (χ2v) is 3.00. The molecule has 1 aromatic rings. The Morgan fingerprint density at radius 2 is 2.20 bits per heavy atom. The van der Waals surface area contributed by atoms with E-state index >= 15 is 0 Å². The molecule has 0 aliphatic heterocycles. The first-order valence-electron chi connectivity index (χ1n) is 4.14. The number of hydrogen-bond acceptors (Lipinski definition) is 4. The number of likely N-dealkylation sites (N-methyl/N-ethyl adjacent to an activating group) is 1. The Kier molecular flexibility index (Phi) is 3.22. The fourth-order valence-electron chi connectivity index (χ4n) is 0.832. The molecule has 0 N–H and O–H groups in total. The molecule has 80 valence electrons. The molecule has 6 nitrogen and oxygen atoms in total. The number of carbonyl (C=O) groups excluding carboxylic acids is 1. The molecule has 1 amide bonds. The highest BCUT2D eigenvalue weighted by Gasteiger charge is 2.10. The molecule has 0 spiro atoms. The van der Waals surface area contributed by atoms with E-state index in [0.29, 0.717) is 0 Å². The maximum absolute atomic E-state index is 11.1. The highest BCUT2D eigenvalue weighted by Crippen LogP contribution is 2.16. The molecule has 15 heavy (non-hydrogen) atoms.